The number of carbonyl (C=O) groups excluding carboxylic acids is 1. The first-order chi connectivity index (χ1) is 19.1. The molecule has 0 atom stereocenters. The molecule has 1 rings (SSSR count). The van der Waals surface area contributed by atoms with Gasteiger partial charge in [-0.25, -0.2) is 0 Å². The summed E-state index contributed by atoms with van der Waals surface area (Å²) in [5.41, 5.74) is 5.12. The summed E-state index contributed by atoms with van der Waals surface area (Å²) >= 11 is 0. The second-order valence-electron chi connectivity index (χ2n) is 10.7. The van der Waals surface area contributed by atoms with Crippen LogP contribution in [0.3, 0.4) is 0 Å². The van der Waals surface area contributed by atoms with E-state index < -0.39 is 0 Å². The number of rotatable bonds is 19. The van der Waals surface area contributed by atoms with Crippen molar-refractivity contribution in [1.82, 2.24) is 0 Å². The predicted molar refractivity (Wildman–Crippen MR) is 165 cm³/mol. The van der Waals surface area contributed by atoms with Crippen LogP contribution in [0.2, 0.25) is 0 Å². The third-order valence-corrected chi connectivity index (χ3v) is 6.89. The fourth-order valence-corrected chi connectivity index (χ4v) is 4.35. The van der Waals surface area contributed by atoms with Crippen molar-refractivity contribution in [2.75, 3.05) is 20.8 Å². The van der Waals surface area contributed by atoms with Crippen LogP contribution in [0.1, 0.15) is 109 Å². The van der Waals surface area contributed by atoms with Crippen molar-refractivity contribution in [3.63, 3.8) is 0 Å². The summed E-state index contributed by atoms with van der Waals surface area (Å²) < 4.78 is 15.7. The fraction of sp³-hybridized carbons (Fsp3) is 0.559. The largest absolute Gasteiger partial charge is 0.504 e. The van der Waals surface area contributed by atoms with Gasteiger partial charge in [-0.3, -0.25) is 4.79 Å². The summed E-state index contributed by atoms with van der Waals surface area (Å²) in [5, 5.41) is 20.9. The van der Waals surface area contributed by atoms with Crippen molar-refractivity contribution in [3.05, 3.63) is 52.2 Å². The van der Waals surface area contributed by atoms with E-state index in [-0.39, 0.29) is 29.0 Å². The third-order valence-electron chi connectivity index (χ3n) is 6.89. The molecule has 224 valence electrons. The molecule has 0 aliphatic rings. The molecule has 6 heteroatoms. The number of benzene rings is 1. The van der Waals surface area contributed by atoms with Gasteiger partial charge in [0, 0.05) is 17.5 Å². The number of esters is 1. The molecular weight excluding hydrogens is 504 g/mol. The zero-order chi connectivity index (χ0) is 29.9. The maximum atomic E-state index is 12.0. The van der Waals surface area contributed by atoms with Crippen LogP contribution in [0.15, 0.2) is 41.0 Å². The molecule has 2 N–H and O–H groups in total. The number of unbranched alkanes of at least 4 members (excludes halogenated alkanes) is 5. The molecule has 6 nitrogen and oxygen atoms in total. The topological polar surface area (TPSA) is 85.2 Å². The highest BCUT2D eigenvalue weighted by Crippen LogP contribution is 2.48. The van der Waals surface area contributed by atoms with Crippen LogP contribution in [0.4, 0.5) is 0 Å². The van der Waals surface area contributed by atoms with Gasteiger partial charge in [0.05, 0.1) is 14.2 Å². The molecule has 0 aromatic heterocycles. The zero-order valence-electron chi connectivity index (χ0n) is 25.9. The Hall–Kier alpha value is -3.15. The van der Waals surface area contributed by atoms with Crippen molar-refractivity contribution in [1.29, 1.82) is 0 Å². The van der Waals surface area contributed by atoms with E-state index in [0.717, 1.165) is 64.2 Å². The molecule has 1 aromatic carbocycles. The summed E-state index contributed by atoms with van der Waals surface area (Å²) in [4.78, 5) is 12.0. The van der Waals surface area contributed by atoms with Gasteiger partial charge in [0.15, 0.2) is 11.5 Å². The second kappa shape index (κ2) is 19.8. The lowest BCUT2D eigenvalue weighted by atomic mass is 10.0. The van der Waals surface area contributed by atoms with Gasteiger partial charge in [-0.1, -0.05) is 60.3 Å². The Labute approximate surface area is 242 Å². The summed E-state index contributed by atoms with van der Waals surface area (Å²) in [6.07, 6.45) is 20.9. The molecule has 0 aliphatic carbocycles. The molecule has 0 fully saturated rings. The van der Waals surface area contributed by atoms with Crippen LogP contribution in [0, 0.1) is 6.92 Å². The van der Waals surface area contributed by atoms with Gasteiger partial charge in [0.1, 0.15) is 6.61 Å². The SMILES string of the molecule is COc1c(O)c(C)c(/C=C/CCCCCCCC(=O)OCC=C(C)CCC=C(C)CCC=C(C)C)c(O)c1OC. The van der Waals surface area contributed by atoms with Crippen LogP contribution in [-0.2, 0) is 9.53 Å². The van der Waals surface area contributed by atoms with Crippen LogP contribution >= 0.6 is 0 Å². The quantitative estimate of drug-likeness (QED) is 0.0765. The Kier molecular flexibility index (Phi) is 17.3. The van der Waals surface area contributed by atoms with Gasteiger partial charge in [-0.15, -0.1) is 0 Å². The normalized spacial score (nSPS) is 12.1. The van der Waals surface area contributed by atoms with E-state index in [4.69, 9.17) is 14.2 Å². The lowest BCUT2D eigenvalue weighted by molar-refractivity contribution is -0.142. The van der Waals surface area contributed by atoms with Crippen molar-refractivity contribution in [3.8, 4) is 23.0 Å². The molecule has 0 saturated carbocycles. The summed E-state index contributed by atoms with van der Waals surface area (Å²) in [5.74, 6) is 0.0437. The standard InChI is InChI=1S/C34H52O6/c1-25(2)17-15-18-26(3)19-16-20-27(4)23-24-40-30(35)22-14-12-10-8-9-11-13-21-29-28(5)31(36)33(38-6)34(39-7)32(29)37/h13,17,19,21,23,36-37H,8-12,14-16,18,20,22,24H2,1-7H3/b21-13+,26-19?,27-23?. The van der Waals surface area contributed by atoms with Gasteiger partial charge in [0.2, 0.25) is 11.5 Å². The number of phenolic OH excluding ortho intramolecular Hbond substituents is 2. The predicted octanol–water partition coefficient (Wildman–Crippen LogP) is 9.13. The summed E-state index contributed by atoms with van der Waals surface area (Å²) in [7, 11) is 2.85. The van der Waals surface area contributed by atoms with Crippen molar-refractivity contribution in [2.45, 2.75) is 105 Å². The average molecular weight is 557 g/mol. The monoisotopic (exact) mass is 556 g/mol. The number of hydrogen-bond donors (Lipinski definition) is 2. The van der Waals surface area contributed by atoms with Gasteiger partial charge in [-0.2, -0.15) is 0 Å². The van der Waals surface area contributed by atoms with Gasteiger partial charge in [0.25, 0.3) is 0 Å². The molecule has 0 amide bonds. The molecule has 0 unspecified atom stereocenters. The molecule has 1 aromatic rings. The molecule has 0 saturated heterocycles. The van der Waals surface area contributed by atoms with Crippen molar-refractivity contribution in [2.24, 2.45) is 0 Å². The molecular formula is C34H52O6. The van der Waals surface area contributed by atoms with E-state index in [1.807, 2.05) is 18.2 Å². The minimum atomic E-state index is -0.129. The average Bonchev–Trinajstić information content (AvgIpc) is 2.90. The molecule has 0 bridgehead atoms. The van der Waals surface area contributed by atoms with E-state index in [1.54, 1.807) is 6.92 Å². The number of hydrogen-bond acceptors (Lipinski definition) is 6. The van der Waals surface area contributed by atoms with E-state index in [0.29, 0.717) is 24.2 Å². The smallest absolute Gasteiger partial charge is 0.306 e. The van der Waals surface area contributed by atoms with Crippen LogP contribution in [-0.4, -0.2) is 37.0 Å². The van der Waals surface area contributed by atoms with E-state index in [9.17, 15) is 15.0 Å². The van der Waals surface area contributed by atoms with Gasteiger partial charge in [-0.05, 0) is 85.6 Å². The Morgan fingerprint density at radius 3 is 1.95 bits per heavy atom. The Bertz CT molecular complexity index is 1040. The number of phenols is 2. The van der Waals surface area contributed by atoms with E-state index >= 15 is 0 Å². The molecule has 40 heavy (non-hydrogen) atoms. The zero-order valence-corrected chi connectivity index (χ0v) is 25.9. The summed E-state index contributed by atoms with van der Waals surface area (Å²) in [6, 6.07) is 0. The van der Waals surface area contributed by atoms with E-state index in [2.05, 4.69) is 39.8 Å². The molecule has 0 aliphatic heterocycles. The molecule has 0 heterocycles. The number of carbonyl (C=O) groups is 1. The highest BCUT2D eigenvalue weighted by molar-refractivity contribution is 5.74. The number of allylic oxidation sites excluding steroid dienone is 6. The van der Waals surface area contributed by atoms with E-state index in [1.165, 1.54) is 30.9 Å². The van der Waals surface area contributed by atoms with Gasteiger partial charge >= 0.3 is 5.97 Å². The maximum Gasteiger partial charge on any atom is 0.306 e. The fourth-order valence-electron chi connectivity index (χ4n) is 4.35. The van der Waals surface area contributed by atoms with Gasteiger partial charge < -0.3 is 24.4 Å². The van der Waals surface area contributed by atoms with Crippen LogP contribution < -0.4 is 9.47 Å². The third kappa shape index (κ3) is 13.3. The molecule has 0 radical (unpaired) electrons. The minimum Gasteiger partial charge on any atom is -0.504 e. The Balaban J connectivity index is 2.21. The summed E-state index contributed by atoms with van der Waals surface area (Å²) in [6.45, 7) is 10.6. The lowest BCUT2D eigenvalue weighted by Crippen LogP contribution is -2.04. The Morgan fingerprint density at radius 2 is 1.30 bits per heavy atom. The number of aromatic hydroxyl groups is 2. The minimum absolute atomic E-state index is 0.0364. The van der Waals surface area contributed by atoms with Crippen molar-refractivity contribution >= 4 is 12.0 Å². The van der Waals surface area contributed by atoms with Crippen LogP contribution in [0.5, 0.6) is 23.0 Å². The lowest BCUT2D eigenvalue weighted by Gasteiger charge is -2.16. The first kappa shape index (κ1) is 34.9. The first-order valence-corrected chi connectivity index (χ1v) is 14.6. The molecule has 0 spiro atoms. The van der Waals surface area contributed by atoms with Crippen molar-refractivity contribution < 1.29 is 29.2 Å². The maximum absolute atomic E-state index is 12.0. The highest BCUT2D eigenvalue weighted by atomic mass is 16.5. The Morgan fingerprint density at radius 1 is 0.725 bits per heavy atom. The highest BCUT2D eigenvalue weighted by Gasteiger charge is 2.21. The number of ether oxygens (including phenoxy) is 3. The van der Waals surface area contributed by atoms with Crippen LogP contribution in [0.25, 0.3) is 6.08 Å². The first-order valence-electron chi connectivity index (χ1n) is 14.6. The number of methoxy groups -OCH3 is 2. The second-order valence-corrected chi connectivity index (χ2v) is 10.7.